The Morgan fingerprint density at radius 2 is 2.07 bits per heavy atom. The van der Waals surface area contributed by atoms with Crippen LogP contribution in [0.5, 0.6) is 0 Å². The number of ether oxygens (including phenoxy) is 2. The fourth-order valence-electron chi connectivity index (χ4n) is 3.92. The highest BCUT2D eigenvalue weighted by atomic mass is 16.5. The Morgan fingerprint density at radius 3 is 2.86 bits per heavy atom. The van der Waals surface area contributed by atoms with Crippen molar-refractivity contribution in [3.63, 3.8) is 0 Å². The van der Waals surface area contributed by atoms with Crippen LogP contribution < -0.4 is 5.32 Å². The van der Waals surface area contributed by atoms with Crippen LogP contribution in [0.4, 0.5) is 0 Å². The van der Waals surface area contributed by atoms with Crippen LogP contribution in [0.3, 0.4) is 0 Å². The first kappa shape index (κ1) is 19.9. The first-order valence-electron chi connectivity index (χ1n) is 10.7. The fraction of sp³-hybridized carbons (Fsp3) is 0.545. The second-order valence-electron chi connectivity index (χ2n) is 7.52. The minimum absolute atomic E-state index is 0.138. The second-order valence-corrected chi connectivity index (χ2v) is 7.52. The number of benzene rings is 1. The number of rotatable bonds is 6. The van der Waals surface area contributed by atoms with E-state index >= 15 is 0 Å². The average molecular weight is 398 g/mol. The Kier molecular flexibility index (Phi) is 6.79. The van der Waals surface area contributed by atoms with Crippen molar-refractivity contribution in [2.45, 2.75) is 38.4 Å². The van der Waals surface area contributed by atoms with E-state index < -0.39 is 0 Å². The van der Waals surface area contributed by atoms with Crippen molar-refractivity contribution in [1.29, 1.82) is 0 Å². The van der Waals surface area contributed by atoms with Crippen molar-refractivity contribution in [2.24, 2.45) is 4.99 Å². The zero-order chi connectivity index (χ0) is 19.9. The highest BCUT2D eigenvalue weighted by molar-refractivity contribution is 5.80. The van der Waals surface area contributed by atoms with E-state index in [1.54, 1.807) is 0 Å². The minimum atomic E-state index is 0.138. The van der Waals surface area contributed by atoms with Gasteiger partial charge in [-0.15, -0.1) is 0 Å². The number of para-hydroxylation sites is 1. The van der Waals surface area contributed by atoms with Gasteiger partial charge in [0.15, 0.2) is 5.96 Å². The molecule has 0 saturated carbocycles. The molecule has 2 saturated heterocycles. The fourth-order valence-corrected chi connectivity index (χ4v) is 3.92. The summed E-state index contributed by atoms with van der Waals surface area (Å²) in [6.07, 6.45) is 7.47. The van der Waals surface area contributed by atoms with Gasteiger partial charge in [-0.1, -0.05) is 18.2 Å². The number of guanidine groups is 1. The van der Waals surface area contributed by atoms with Crippen molar-refractivity contribution in [3.8, 4) is 5.69 Å². The lowest BCUT2D eigenvalue weighted by molar-refractivity contribution is -0.0817. The topological polar surface area (TPSA) is 63.9 Å². The summed E-state index contributed by atoms with van der Waals surface area (Å²) in [5.41, 5.74) is 2.26. The number of morpholine rings is 1. The minimum Gasteiger partial charge on any atom is -0.375 e. The highest BCUT2D eigenvalue weighted by Crippen LogP contribution is 2.21. The first-order valence-corrected chi connectivity index (χ1v) is 10.7. The van der Waals surface area contributed by atoms with Gasteiger partial charge in [0.05, 0.1) is 24.6 Å². The van der Waals surface area contributed by atoms with E-state index in [0.717, 1.165) is 70.3 Å². The van der Waals surface area contributed by atoms with Gasteiger partial charge in [0.25, 0.3) is 0 Å². The maximum atomic E-state index is 5.98. The third-order valence-corrected chi connectivity index (χ3v) is 5.43. The summed E-state index contributed by atoms with van der Waals surface area (Å²) in [5, 5.41) is 7.92. The summed E-state index contributed by atoms with van der Waals surface area (Å²) < 4.78 is 13.7. The molecule has 7 nitrogen and oxygen atoms in total. The molecule has 2 atom stereocenters. The number of hydrogen-bond donors (Lipinski definition) is 1. The van der Waals surface area contributed by atoms with E-state index in [9.17, 15) is 0 Å². The van der Waals surface area contributed by atoms with Gasteiger partial charge < -0.3 is 19.7 Å². The van der Waals surface area contributed by atoms with Crippen molar-refractivity contribution >= 4 is 5.96 Å². The zero-order valence-corrected chi connectivity index (χ0v) is 17.2. The monoisotopic (exact) mass is 397 g/mol. The molecule has 0 bridgehead atoms. The van der Waals surface area contributed by atoms with Crippen LogP contribution in [0.2, 0.25) is 0 Å². The molecule has 7 heteroatoms. The van der Waals surface area contributed by atoms with Crippen LogP contribution in [0, 0.1) is 0 Å². The second kappa shape index (κ2) is 9.89. The molecule has 0 aliphatic carbocycles. The molecular formula is C22H31N5O2. The zero-order valence-electron chi connectivity index (χ0n) is 17.2. The van der Waals surface area contributed by atoms with Gasteiger partial charge in [-0.3, -0.25) is 4.99 Å². The van der Waals surface area contributed by atoms with Gasteiger partial charge in [0, 0.05) is 39.0 Å². The van der Waals surface area contributed by atoms with Crippen LogP contribution in [0.15, 0.2) is 47.7 Å². The number of nitrogens with zero attached hydrogens (tertiary/aromatic N) is 4. The van der Waals surface area contributed by atoms with Crippen LogP contribution >= 0.6 is 0 Å². The molecular weight excluding hydrogens is 366 g/mol. The van der Waals surface area contributed by atoms with Gasteiger partial charge in [-0.05, 0) is 43.9 Å². The summed E-state index contributed by atoms with van der Waals surface area (Å²) in [5.74, 6) is 0.967. The smallest absolute Gasteiger partial charge is 0.194 e. The van der Waals surface area contributed by atoms with Crippen molar-refractivity contribution in [2.75, 3.05) is 39.4 Å². The van der Waals surface area contributed by atoms with Gasteiger partial charge in [-0.25, -0.2) is 4.68 Å². The Morgan fingerprint density at radius 1 is 1.21 bits per heavy atom. The Bertz CT molecular complexity index is 786. The molecule has 1 aromatic carbocycles. The summed E-state index contributed by atoms with van der Waals surface area (Å²) in [4.78, 5) is 7.19. The molecule has 2 unspecified atom stereocenters. The molecule has 0 amide bonds. The van der Waals surface area contributed by atoms with E-state index in [1.165, 1.54) is 5.56 Å². The average Bonchev–Trinajstić information content (AvgIpc) is 3.46. The molecule has 1 N–H and O–H groups in total. The standard InChI is InChI=1S/C22H31N5O2/c1-2-23-22(26-12-14-29-21(17-26)20-9-6-13-28-20)24-11-10-18-15-25-27(16-18)19-7-4-3-5-8-19/h3-5,7-8,15-16,20-21H,2,6,9-14,17H2,1H3,(H,23,24). The molecule has 156 valence electrons. The van der Waals surface area contributed by atoms with Gasteiger partial charge in [0.2, 0.25) is 0 Å². The van der Waals surface area contributed by atoms with E-state index in [2.05, 4.69) is 40.6 Å². The lowest BCUT2D eigenvalue weighted by Crippen LogP contribution is -2.53. The van der Waals surface area contributed by atoms with Crippen LogP contribution in [-0.2, 0) is 15.9 Å². The van der Waals surface area contributed by atoms with E-state index in [0.29, 0.717) is 0 Å². The number of hydrogen-bond acceptors (Lipinski definition) is 4. The summed E-state index contributed by atoms with van der Waals surface area (Å²) in [6, 6.07) is 10.2. The van der Waals surface area contributed by atoms with E-state index in [4.69, 9.17) is 14.5 Å². The molecule has 2 aromatic rings. The lowest BCUT2D eigenvalue weighted by atomic mass is 10.1. The van der Waals surface area contributed by atoms with Gasteiger partial charge in [-0.2, -0.15) is 5.10 Å². The first-order chi connectivity index (χ1) is 14.3. The summed E-state index contributed by atoms with van der Waals surface area (Å²) >= 11 is 0. The van der Waals surface area contributed by atoms with Crippen LogP contribution in [-0.4, -0.2) is 72.2 Å². The lowest BCUT2D eigenvalue weighted by Gasteiger charge is -2.37. The summed E-state index contributed by atoms with van der Waals surface area (Å²) in [6.45, 7) is 6.96. The van der Waals surface area contributed by atoms with Crippen molar-refractivity contribution in [1.82, 2.24) is 20.0 Å². The molecule has 0 spiro atoms. The predicted molar refractivity (Wildman–Crippen MR) is 114 cm³/mol. The predicted octanol–water partition coefficient (Wildman–Crippen LogP) is 2.26. The van der Waals surface area contributed by atoms with E-state index in [1.807, 2.05) is 29.1 Å². The Hall–Kier alpha value is -2.38. The number of aliphatic imine (C=N–C) groups is 1. The Labute approximate surface area is 172 Å². The summed E-state index contributed by atoms with van der Waals surface area (Å²) in [7, 11) is 0. The van der Waals surface area contributed by atoms with Crippen molar-refractivity contribution < 1.29 is 9.47 Å². The van der Waals surface area contributed by atoms with Crippen molar-refractivity contribution in [3.05, 3.63) is 48.3 Å². The largest absolute Gasteiger partial charge is 0.375 e. The molecule has 2 fully saturated rings. The molecule has 3 heterocycles. The quantitative estimate of drug-likeness (QED) is 0.598. The third kappa shape index (κ3) is 5.16. The van der Waals surface area contributed by atoms with Crippen LogP contribution in [0.25, 0.3) is 5.69 Å². The SMILES string of the molecule is CCNC(=NCCc1cnn(-c2ccccc2)c1)N1CCOC(C2CCCO2)C1. The van der Waals surface area contributed by atoms with Crippen LogP contribution in [0.1, 0.15) is 25.3 Å². The third-order valence-electron chi connectivity index (χ3n) is 5.43. The molecule has 29 heavy (non-hydrogen) atoms. The van der Waals surface area contributed by atoms with Gasteiger partial charge in [0.1, 0.15) is 6.10 Å². The molecule has 2 aliphatic rings. The molecule has 1 aromatic heterocycles. The number of nitrogens with one attached hydrogen (secondary N) is 1. The van der Waals surface area contributed by atoms with Gasteiger partial charge >= 0.3 is 0 Å². The maximum absolute atomic E-state index is 5.98. The van der Waals surface area contributed by atoms with E-state index in [-0.39, 0.29) is 12.2 Å². The molecule has 0 radical (unpaired) electrons. The molecule has 4 rings (SSSR count). The highest BCUT2D eigenvalue weighted by Gasteiger charge is 2.32. The number of aromatic nitrogens is 2. The Balaban J connectivity index is 1.35. The molecule has 2 aliphatic heterocycles. The normalized spacial score (nSPS) is 22.8. The maximum Gasteiger partial charge on any atom is 0.194 e.